The minimum absolute atomic E-state index is 0.296. The molecule has 0 bridgehead atoms. The molecule has 0 atom stereocenters. The van der Waals surface area contributed by atoms with Crippen LogP contribution < -0.4 is 4.74 Å². The van der Waals surface area contributed by atoms with Crippen molar-refractivity contribution in [1.82, 2.24) is 4.90 Å². The number of carboxylic acids is 1. The second-order valence-corrected chi connectivity index (χ2v) is 6.05. The van der Waals surface area contributed by atoms with Gasteiger partial charge in [-0.15, -0.1) is 11.3 Å². The lowest BCUT2D eigenvalue weighted by Crippen LogP contribution is -2.36. The largest absolute Gasteiger partial charge is 0.488 e. The molecule has 6 heteroatoms. The zero-order valence-electron chi connectivity index (χ0n) is 12.9. The molecule has 0 saturated heterocycles. The molecule has 1 aromatic heterocycles. The summed E-state index contributed by atoms with van der Waals surface area (Å²) in [5, 5.41) is 10.9. The first kappa shape index (κ1) is 17.0. The number of ether oxygens (including phenoxy) is 1. The van der Waals surface area contributed by atoms with Gasteiger partial charge >= 0.3 is 5.97 Å². The summed E-state index contributed by atoms with van der Waals surface area (Å²) in [5.41, 5.74) is 0.434. The number of hydrogen-bond donors (Lipinski definition) is 1. The SMILES string of the molecule is CCCN(CC(=O)O)C(=O)c1cccc(OCc2cccs2)c1. The fourth-order valence-electron chi connectivity index (χ4n) is 2.14. The average molecular weight is 333 g/mol. The molecule has 0 radical (unpaired) electrons. The first-order valence-electron chi connectivity index (χ1n) is 7.36. The van der Waals surface area contributed by atoms with Gasteiger partial charge in [-0.1, -0.05) is 19.1 Å². The van der Waals surface area contributed by atoms with Gasteiger partial charge in [-0.05, 0) is 36.1 Å². The Morgan fingerprint density at radius 3 is 2.74 bits per heavy atom. The van der Waals surface area contributed by atoms with Crippen LogP contribution in [0.3, 0.4) is 0 Å². The fourth-order valence-corrected chi connectivity index (χ4v) is 2.75. The lowest BCUT2D eigenvalue weighted by molar-refractivity contribution is -0.137. The highest BCUT2D eigenvalue weighted by atomic mass is 32.1. The Labute approximate surface area is 139 Å². The van der Waals surface area contributed by atoms with E-state index in [0.29, 0.717) is 30.9 Å². The lowest BCUT2D eigenvalue weighted by atomic mass is 10.2. The fraction of sp³-hybridized carbons (Fsp3) is 0.294. The molecule has 1 N–H and O–H groups in total. The zero-order valence-corrected chi connectivity index (χ0v) is 13.7. The number of amides is 1. The molecule has 0 saturated carbocycles. The average Bonchev–Trinajstić information content (AvgIpc) is 3.05. The molecular formula is C17H19NO4S. The number of rotatable bonds is 8. The van der Waals surface area contributed by atoms with Crippen molar-refractivity contribution in [2.24, 2.45) is 0 Å². The van der Waals surface area contributed by atoms with Gasteiger partial charge in [0.05, 0.1) is 0 Å². The standard InChI is InChI=1S/C17H19NO4S/c1-2-8-18(11-16(19)20)17(21)13-5-3-6-14(10-13)22-12-15-7-4-9-23-15/h3-7,9-10H,2,8,11-12H2,1H3,(H,19,20). The van der Waals surface area contributed by atoms with E-state index in [1.165, 1.54) is 4.90 Å². The van der Waals surface area contributed by atoms with Crippen LogP contribution in [0.15, 0.2) is 41.8 Å². The van der Waals surface area contributed by atoms with Crippen molar-refractivity contribution in [3.63, 3.8) is 0 Å². The second kappa shape index (κ2) is 8.33. The van der Waals surface area contributed by atoms with Crippen molar-refractivity contribution in [1.29, 1.82) is 0 Å². The first-order valence-corrected chi connectivity index (χ1v) is 8.24. The second-order valence-electron chi connectivity index (χ2n) is 5.02. The van der Waals surface area contributed by atoms with E-state index in [4.69, 9.17) is 9.84 Å². The van der Waals surface area contributed by atoms with E-state index in [2.05, 4.69) is 0 Å². The Morgan fingerprint density at radius 1 is 1.26 bits per heavy atom. The molecule has 23 heavy (non-hydrogen) atoms. The molecule has 0 aliphatic heterocycles. The normalized spacial score (nSPS) is 10.3. The van der Waals surface area contributed by atoms with Gasteiger partial charge in [0.15, 0.2) is 0 Å². The van der Waals surface area contributed by atoms with Crippen LogP contribution in [-0.4, -0.2) is 35.0 Å². The van der Waals surface area contributed by atoms with E-state index < -0.39 is 5.97 Å². The highest BCUT2D eigenvalue weighted by Gasteiger charge is 2.18. The zero-order chi connectivity index (χ0) is 16.7. The number of carbonyl (C=O) groups excluding carboxylic acids is 1. The number of nitrogens with zero attached hydrogens (tertiary/aromatic N) is 1. The smallest absolute Gasteiger partial charge is 0.323 e. The van der Waals surface area contributed by atoms with Crippen molar-refractivity contribution in [2.75, 3.05) is 13.1 Å². The van der Waals surface area contributed by atoms with Crippen LogP contribution in [0.25, 0.3) is 0 Å². The van der Waals surface area contributed by atoms with Crippen LogP contribution in [0.1, 0.15) is 28.6 Å². The monoisotopic (exact) mass is 333 g/mol. The lowest BCUT2D eigenvalue weighted by Gasteiger charge is -2.20. The van der Waals surface area contributed by atoms with Crippen molar-refractivity contribution in [2.45, 2.75) is 20.0 Å². The highest BCUT2D eigenvalue weighted by molar-refractivity contribution is 7.09. The van der Waals surface area contributed by atoms with Gasteiger partial charge in [0, 0.05) is 17.0 Å². The third-order valence-electron chi connectivity index (χ3n) is 3.15. The summed E-state index contributed by atoms with van der Waals surface area (Å²) in [6.45, 7) is 2.46. The number of carbonyl (C=O) groups is 2. The van der Waals surface area contributed by atoms with Gasteiger partial charge in [0.1, 0.15) is 18.9 Å². The van der Waals surface area contributed by atoms with E-state index in [0.717, 1.165) is 4.88 Å². The first-order chi connectivity index (χ1) is 11.1. The number of carboxylic acid groups (broad SMARTS) is 1. The molecule has 122 valence electrons. The van der Waals surface area contributed by atoms with Gasteiger partial charge in [0.2, 0.25) is 0 Å². The van der Waals surface area contributed by atoms with Crippen LogP contribution in [0.2, 0.25) is 0 Å². The molecular weight excluding hydrogens is 314 g/mol. The highest BCUT2D eigenvalue weighted by Crippen LogP contribution is 2.18. The molecule has 0 unspecified atom stereocenters. The third kappa shape index (κ3) is 5.10. The van der Waals surface area contributed by atoms with Crippen LogP contribution in [0, 0.1) is 0 Å². The van der Waals surface area contributed by atoms with Gasteiger partial charge < -0.3 is 14.7 Å². The van der Waals surface area contributed by atoms with Gasteiger partial charge in [-0.25, -0.2) is 0 Å². The molecule has 1 heterocycles. The van der Waals surface area contributed by atoms with Crippen molar-refractivity contribution in [3.05, 3.63) is 52.2 Å². The van der Waals surface area contributed by atoms with Crippen molar-refractivity contribution >= 4 is 23.2 Å². The summed E-state index contributed by atoms with van der Waals surface area (Å²) < 4.78 is 5.69. The molecule has 0 aliphatic rings. The van der Waals surface area contributed by atoms with E-state index in [9.17, 15) is 9.59 Å². The topological polar surface area (TPSA) is 66.8 Å². The Hall–Kier alpha value is -2.34. The Bertz CT molecular complexity index is 654. The molecule has 1 amide bonds. The van der Waals surface area contributed by atoms with Crippen LogP contribution in [0.5, 0.6) is 5.75 Å². The predicted octanol–water partition coefficient (Wildman–Crippen LogP) is 3.26. The predicted molar refractivity (Wildman–Crippen MR) is 88.9 cm³/mol. The van der Waals surface area contributed by atoms with Crippen LogP contribution >= 0.6 is 11.3 Å². The molecule has 0 spiro atoms. The molecule has 2 aromatic rings. The maximum absolute atomic E-state index is 12.5. The maximum atomic E-state index is 12.5. The Balaban J connectivity index is 2.07. The van der Waals surface area contributed by atoms with E-state index in [1.807, 2.05) is 24.4 Å². The summed E-state index contributed by atoms with van der Waals surface area (Å²) in [6, 6.07) is 10.8. The number of benzene rings is 1. The van der Waals surface area contributed by atoms with Crippen molar-refractivity contribution < 1.29 is 19.4 Å². The maximum Gasteiger partial charge on any atom is 0.323 e. The summed E-state index contributed by atoms with van der Waals surface area (Å²) in [4.78, 5) is 25.8. The summed E-state index contributed by atoms with van der Waals surface area (Å²) >= 11 is 1.61. The Morgan fingerprint density at radius 2 is 2.09 bits per heavy atom. The molecule has 0 aliphatic carbocycles. The van der Waals surface area contributed by atoms with Gasteiger partial charge in [0.25, 0.3) is 5.91 Å². The summed E-state index contributed by atoms with van der Waals surface area (Å²) in [5.74, 6) is -0.719. The van der Waals surface area contributed by atoms with E-state index in [1.54, 1.807) is 35.6 Å². The minimum Gasteiger partial charge on any atom is -0.488 e. The molecule has 5 nitrogen and oxygen atoms in total. The summed E-state index contributed by atoms with van der Waals surface area (Å²) in [7, 11) is 0. The molecule has 2 rings (SSSR count). The molecule has 0 fully saturated rings. The number of hydrogen-bond acceptors (Lipinski definition) is 4. The van der Waals surface area contributed by atoms with E-state index >= 15 is 0 Å². The molecule has 1 aromatic carbocycles. The van der Waals surface area contributed by atoms with Gasteiger partial charge in [-0.3, -0.25) is 9.59 Å². The van der Waals surface area contributed by atoms with Crippen molar-refractivity contribution in [3.8, 4) is 5.75 Å². The third-order valence-corrected chi connectivity index (χ3v) is 4.00. The Kier molecular flexibility index (Phi) is 6.17. The van der Waals surface area contributed by atoms with Gasteiger partial charge in [-0.2, -0.15) is 0 Å². The number of thiophene rings is 1. The number of aliphatic carboxylic acids is 1. The van der Waals surface area contributed by atoms with Crippen LogP contribution in [-0.2, 0) is 11.4 Å². The minimum atomic E-state index is -1.02. The quantitative estimate of drug-likeness (QED) is 0.805. The van der Waals surface area contributed by atoms with E-state index in [-0.39, 0.29) is 12.5 Å². The summed E-state index contributed by atoms with van der Waals surface area (Å²) in [6.07, 6.45) is 0.702. The van der Waals surface area contributed by atoms with Crippen LogP contribution in [0.4, 0.5) is 0 Å².